The number of para-hydroxylation sites is 1. The van der Waals surface area contributed by atoms with Crippen LogP contribution in [-0.2, 0) is 0 Å². The van der Waals surface area contributed by atoms with E-state index in [1.165, 1.54) is 23.3 Å². The normalized spacial score (nSPS) is 10.3. The highest BCUT2D eigenvalue weighted by Gasteiger charge is 2.09. The number of hydrogen-bond acceptors (Lipinski definition) is 1. The molecule has 0 atom stereocenters. The van der Waals surface area contributed by atoms with E-state index in [0.717, 1.165) is 5.69 Å². The van der Waals surface area contributed by atoms with Gasteiger partial charge in [-0.05, 0) is 35.1 Å². The van der Waals surface area contributed by atoms with Gasteiger partial charge in [-0.15, -0.1) is 0 Å². The number of nitrogen functional groups attached to an aromatic ring is 1. The Bertz CT molecular complexity index is 492. The number of benzene rings is 2. The van der Waals surface area contributed by atoms with E-state index in [-0.39, 0.29) is 5.82 Å². The maximum absolute atomic E-state index is 11.9. The molecule has 0 aliphatic rings. The molecule has 2 aromatic carbocycles. The zero-order chi connectivity index (χ0) is 15.1. The third kappa shape index (κ3) is 4.69. The van der Waals surface area contributed by atoms with Crippen molar-refractivity contribution in [2.75, 3.05) is 5.73 Å². The molecule has 0 radical (unpaired) electrons. The van der Waals surface area contributed by atoms with Gasteiger partial charge in [-0.1, -0.05) is 64.1 Å². The number of nitrogens with two attached hydrogens (primary N) is 1. The van der Waals surface area contributed by atoms with Gasteiger partial charge in [0, 0.05) is 5.69 Å². The molecule has 2 heteroatoms. The van der Waals surface area contributed by atoms with E-state index in [0.29, 0.717) is 11.8 Å². The lowest BCUT2D eigenvalue weighted by atomic mass is 9.93. The van der Waals surface area contributed by atoms with E-state index in [1.54, 1.807) is 18.2 Å². The van der Waals surface area contributed by atoms with Crippen LogP contribution in [0, 0.1) is 5.82 Å². The Morgan fingerprint density at radius 2 is 1.20 bits per heavy atom. The zero-order valence-corrected chi connectivity index (χ0v) is 12.7. The van der Waals surface area contributed by atoms with Crippen molar-refractivity contribution in [3.05, 3.63) is 65.5 Å². The molecule has 0 aliphatic carbocycles. The highest BCUT2D eigenvalue weighted by Crippen LogP contribution is 2.29. The second kappa shape index (κ2) is 7.68. The van der Waals surface area contributed by atoms with Gasteiger partial charge in [0.05, 0.1) is 0 Å². The van der Waals surface area contributed by atoms with Gasteiger partial charge in [-0.3, -0.25) is 0 Å². The maximum Gasteiger partial charge on any atom is 0.123 e. The Morgan fingerprint density at radius 3 is 1.50 bits per heavy atom. The van der Waals surface area contributed by atoms with Crippen LogP contribution in [0.1, 0.15) is 50.7 Å². The van der Waals surface area contributed by atoms with Gasteiger partial charge >= 0.3 is 0 Å². The summed E-state index contributed by atoms with van der Waals surface area (Å²) < 4.78 is 11.9. The molecule has 0 aromatic heterocycles. The van der Waals surface area contributed by atoms with Crippen LogP contribution in [0.3, 0.4) is 0 Å². The Labute approximate surface area is 121 Å². The molecule has 0 heterocycles. The Balaban J connectivity index is 0.000000240. The topological polar surface area (TPSA) is 26.0 Å². The van der Waals surface area contributed by atoms with Crippen molar-refractivity contribution in [3.8, 4) is 0 Å². The van der Waals surface area contributed by atoms with Crippen molar-refractivity contribution in [2.45, 2.75) is 39.5 Å². The summed E-state index contributed by atoms with van der Waals surface area (Å²) in [7, 11) is 0. The molecule has 0 fully saturated rings. The lowest BCUT2D eigenvalue weighted by Gasteiger charge is -2.15. The van der Waals surface area contributed by atoms with E-state index >= 15 is 0 Å². The lowest BCUT2D eigenvalue weighted by molar-refractivity contribution is 0.628. The molecular weight excluding hydrogens is 249 g/mol. The van der Waals surface area contributed by atoms with Crippen LogP contribution in [0.25, 0.3) is 0 Å². The van der Waals surface area contributed by atoms with Crippen molar-refractivity contribution in [1.29, 1.82) is 0 Å². The molecule has 0 saturated heterocycles. The molecule has 0 amide bonds. The van der Waals surface area contributed by atoms with Crippen molar-refractivity contribution < 1.29 is 4.39 Å². The summed E-state index contributed by atoms with van der Waals surface area (Å²) in [5.74, 6) is 0.847. The standard InChI is InChI=1S/C12H19N.C6H5F/c1-8(2)10-6-5-7-11(9(3)4)12(10)13;7-6-4-2-1-3-5-6/h5-9H,13H2,1-4H3;1-5H. The second-order valence-corrected chi connectivity index (χ2v) is 5.46. The van der Waals surface area contributed by atoms with Gasteiger partial charge in [0.15, 0.2) is 0 Å². The zero-order valence-electron chi connectivity index (χ0n) is 12.7. The summed E-state index contributed by atoms with van der Waals surface area (Å²) in [6, 6.07) is 14.3. The number of halogens is 1. The van der Waals surface area contributed by atoms with E-state index in [9.17, 15) is 4.39 Å². The fourth-order valence-corrected chi connectivity index (χ4v) is 2.02. The summed E-state index contributed by atoms with van der Waals surface area (Å²) in [5.41, 5.74) is 9.60. The van der Waals surface area contributed by atoms with Crippen LogP contribution in [0.15, 0.2) is 48.5 Å². The average Bonchev–Trinajstić information content (AvgIpc) is 2.40. The van der Waals surface area contributed by atoms with Gasteiger partial charge in [0.2, 0.25) is 0 Å². The molecule has 0 saturated carbocycles. The largest absolute Gasteiger partial charge is 0.398 e. The smallest absolute Gasteiger partial charge is 0.123 e. The summed E-state index contributed by atoms with van der Waals surface area (Å²) in [4.78, 5) is 0. The average molecular weight is 273 g/mol. The first kappa shape index (κ1) is 16.2. The first-order valence-corrected chi connectivity index (χ1v) is 7.02. The molecule has 20 heavy (non-hydrogen) atoms. The highest BCUT2D eigenvalue weighted by molar-refractivity contribution is 5.56. The molecular formula is C18H24FN. The third-order valence-electron chi connectivity index (χ3n) is 3.15. The van der Waals surface area contributed by atoms with Crippen LogP contribution < -0.4 is 5.73 Å². The molecule has 2 aromatic rings. The SMILES string of the molecule is CC(C)c1cccc(C(C)C)c1N.Fc1ccccc1. The van der Waals surface area contributed by atoms with E-state index in [2.05, 4.69) is 45.9 Å². The molecule has 0 bridgehead atoms. The summed E-state index contributed by atoms with van der Waals surface area (Å²) in [6.45, 7) is 8.71. The quantitative estimate of drug-likeness (QED) is 0.734. The fraction of sp³-hybridized carbons (Fsp3) is 0.333. The molecule has 0 aliphatic heterocycles. The number of anilines is 1. The summed E-state index contributed by atoms with van der Waals surface area (Å²) >= 11 is 0. The molecule has 2 N–H and O–H groups in total. The Morgan fingerprint density at radius 1 is 0.750 bits per heavy atom. The van der Waals surface area contributed by atoms with Crippen LogP contribution in [0.2, 0.25) is 0 Å². The number of hydrogen-bond donors (Lipinski definition) is 1. The molecule has 2 rings (SSSR count). The molecule has 0 unspecified atom stereocenters. The van der Waals surface area contributed by atoms with Crippen LogP contribution in [-0.4, -0.2) is 0 Å². The van der Waals surface area contributed by atoms with Gasteiger partial charge in [-0.25, -0.2) is 4.39 Å². The van der Waals surface area contributed by atoms with Gasteiger partial charge in [0.25, 0.3) is 0 Å². The summed E-state index contributed by atoms with van der Waals surface area (Å²) in [5, 5.41) is 0. The van der Waals surface area contributed by atoms with Crippen molar-refractivity contribution in [1.82, 2.24) is 0 Å². The minimum atomic E-state index is -0.178. The Kier molecular flexibility index (Phi) is 6.23. The second-order valence-electron chi connectivity index (χ2n) is 5.46. The summed E-state index contributed by atoms with van der Waals surface area (Å²) in [6.07, 6.45) is 0. The van der Waals surface area contributed by atoms with Crippen LogP contribution in [0.5, 0.6) is 0 Å². The predicted octanol–water partition coefficient (Wildman–Crippen LogP) is 5.34. The monoisotopic (exact) mass is 273 g/mol. The first-order valence-electron chi connectivity index (χ1n) is 7.02. The highest BCUT2D eigenvalue weighted by atomic mass is 19.1. The van der Waals surface area contributed by atoms with Crippen molar-refractivity contribution in [3.63, 3.8) is 0 Å². The molecule has 108 valence electrons. The third-order valence-corrected chi connectivity index (χ3v) is 3.15. The van der Waals surface area contributed by atoms with Gasteiger partial charge in [-0.2, -0.15) is 0 Å². The van der Waals surface area contributed by atoms with Gasteiger partial charge < -0.3 is 5.73 Å². The fourth-order valence-electron chi connectivity index (χ4n) is 2.02. The van der Waals surface area contributed by atoms with E-state index in [1.807, 2.05) is 0 Å². The minimum absolute atomic E-state index is 0.178. The maximum atomic E-state index is 11.9. The first-order chi connectivity index (χ1) is 9.43. The van der Waals surface area contributed by atoms with E-state index in [4.69, 9.17) is 5.73 Å². The van der Waals surface area contributed by atoms with Crippen LogP contribution in [0.4, 0.5) is 10.1 Å². The minimum Gasteiger partial charge on any atom is -0.398 e. The molecule has 1 nitrogen and oxygen atoms in total. The predicted molar refractivity (Wildman–Crippen MR) is 85.4 cm³/mol. The van der Waals surface area contributed by atoms with Crippen molar-refractivity contribution in [2.24, 2.45) is 0 Å². The molecule has 0 spiro atoms. The van der Waals surface area contributed by atoms with Crippen molar-refractivity contribution >= 4 is 5.69 Å². The van der Waals surface area contributed by atoms with Crippen LogP contribution >= 0.6 is 0 Å². The van der Waals surface area contributed by atoms with E-state index < -0.39 is 0 Å². The lowest BCUT2D eigenvalue weighted by Crippen LogP contribution is -2.02. The van der Waals surface area contributed by atoms with Gasteiger partial charge in [0.1, 0.15) is 5.82 Å². The Hall–Kier alpha value is -1.83. The number of rotatable bonds is 2.